The summed E-state index contributed by atoms with van der Waals surface area (Å²) in [5.74, 6) is -2.37. The molecule has 2 unspecified atom stereocenters. The highest BCUT2D eigenvalue weighted by molar-refractivity contribution is 6.40. The fraction of sp³-hybridized carbons (Fsp3) is 0.714. The van der Waals surface area contributed by atoms with Crippen LogP contribution in [0.5, 0.6) is 0 Å². The lowest BCUT2D eigenvalue weighted by molar-refractivity contribution is -0.151. The molecule has 1 aliphatic rings. The SMILES string of the molecule is CCOC(=O)C1=NN(C(=O)OC)C(OCC)CC1C(=O)OCC. The normalized spacial score (nSPS) is 20.5. The van der Waals surface area contributed by atoms with Crippen LogP contribution < -0.4 is 0 Å². The molecule has 130 valence electrons. The summed E-state index contributed by atoms with van der Waals surface area (Å²) in [5, 5.41) is 4.83. The molecule has 0 spiro atoms. The molecule has 0 fully saturated rings. The lowest BCUT2D eigenvalue weighted by atomic mass is 9.96. The Kier molecular flexibility index (Phi) is 7.46. The molecule has 0 N–H and O–H groups in total. The Morgan fingerprint density at radius 3 is 2.30 bits per heavy atom. The number of methoxy groups -OCH3 is 1. The van der Waals surface area contributed by atoms with Gasteiger partial charge in [-0.05, 0) is 20.8 Å². The van der Waals surface area contributed by atoms with Gasteiger partial charge < -0.3 is 18.9 Å². The van der Waals surface area contributed by atoms with Crippen molar-refractivity contribution in [3.05, 3.63) is 0 Å². The zero-order chi connectivity index (χ0) is 17.4. The Bertz CT molecular complexity index is 478. The second-order valence-corrected chi connectivity index (χ2v) is 4.47. The van der Waals surface area contributed by atoms with E-state index in [2.05, 4.69) is 9.84 Å². The molecule has 1 rings (SSSR count). The highest BCUT2D eigenvalue weighted by Crippen LogP contribution is 2.25. The molecular weight excluding hydrogens is 308 g/mol. The fourth-order valence-corrected chi connectivity index (χ4v) is 2.09. The highest BCUT2D eigenvalue weighted by atomic mass is 16.6. The summed E-state index contributed by atoms with van der Waals surface area (Å²) in [6.45, 7) is 5.58. The van der Waals surface area contributed by atoms with Crippen LogP contribution in [0.3, 0.4) is 0 Å². The van der Waals surface area contributed by atoms with Gasteiger partial charge in [0.2, 0.25) is 0 Å². The van der Waals surface area contributed by atoms with Crippen LogP contribution >= 0.6 is 0 Å². The van der Waals surface area contributed by atoms with Crippen LogP contribution in [0.1, 0.15) is 27.2 Å². The van der Waals surface area contributed by atoms with Crippen LogP contribution in [-0.4, -0.2) is 61.9 Å². The predicted molar refractivity (Wildman–Crippen MR) is 78.5 cm³/mol. The minimum absolute atomic E-state index is 0.0272. The van der Waals surface area contributed by atoms with E-state index in [9.17, 15) is 14.4 Å². The summed E-state index contributed by atoms with van der Waals surface area (Å²) < 4.78 is 19.9. The van der Waals surface area contributed by atoms with Gasteiger partial charge in [0.1, 0.15) is 5.92 Å². The molecule has 23 heavy (non-hydrogen) atoms. The molecule has 2 atom stereocenters. The molecule has 1 aliphatic heterocycles. The van der Waals surface area contributed by atoms with E-state index in [0.29, 0.717) is 0 Å². The van der Waals surface area contributed by atoms with Gasteiger partial charge in [-0.25, -0.2) is 9.59 Å². The smallest absolute Gasteiger partial charge is 0.432 e. The standard InChI is InChI=1S/C14H22N2O7/c1-5-21-10-8-9(12(17)22-6-2)11(13(18)23-7-3)15-16(10)14(19)20-4/h9-10H,5-8H2,1-4H3. The number of esters is 2. The van der Waals surface area contributed by atoms with Crippen molar-refractivity contribution in [2.75, 3.05) is 26.9 Å². The molecule has 0 bridgehead atoms. The fourth-order valence-electron chi connectivity index (χ4n) is 2.09. The van der Waals surface area contributed by atoms with E-state index in [1.54, 1.807) is 20.8 Å². The topological polar surface area (TPSA) is 104 Å². The third-order valence-electron chi connectivity index (χ3n) is 3.03. The minimum atomic E-state index is -0.966. The summed E-state index contributed by atoms with van der Waals surface area (Å²) in [4.78, 5) is 36.0. The van der Waals surface area contributed by atoms with Crippen molar-refractivity contribution in [1.82, 2.24) is 5.01 Å². The number of carbonyl (C=O) groups excluding carboxylic acids is 3. The number of hydrogen-bond acceptors (Lipinski definition) is 8. The second-order valence-electron chi connectivity index (χ2n) is 4.47. The average molecular weight is 330 g/mol. The van der Waals surface area contributed by atoms with E-state index in [1.165, 1.54) is 7.11 Å². The lowest BCUT2D eigenvalue weighted by Crippen LogP contribution is -2.49. The van der Waals surface area contributed by atoms with Crippen molar-refractivity contribution in [3.8, 4) is 0 Å². The third-order valence-corrected chi connectivity index (χ3v) is 3.03. The van der Waals surface area contributed by atoms with Crippen LogP contribution in [0.4, 0.5) is 4.79 Å². The maximum Gasteiger partial charge on any atom is 0.432 e. The first kappa shape index (κ1) is 18.9. The Morgan fingerprint density at radius 1 is 1.13 bits per heavy atom. The van der Waals surface area contributed by atoms with Crippen molar-refractivity contribution in [2.24, 2.45) is 11.0 Å². The summed E-state index contributed by atoms with van der Waals surface area (Å²) in [6.07, 6.45) is -1.60. The largest absolute Gasteiger partial charge is 0.465 e. The first-order valence-electron chi connectivity index (χ1n) is 7.41. The zero-order valence-corrected chi connectivity index (χ0v) is 13.7. The average Bonchev–Trinajstić information content (AvgIpc) is 2.54. The molecule has 0 saturated carbocycles. The van der Waals surface area contributed by atoms with Crippen molar-refractivity contribution in [3.63, 3.8) is 0 Å². The van der Waals surface area contributed by atoms with E-state index in [0.717, 1.165) is 5.01 Å². The number of ether oxygens (including phenoxy) is 4. The van der Waals surface area contributed by atoms with Gasteiger partial charge in [-0.3, -0.25) is 4.79 Å². The Morgan fingerprint density at radius 2 is 1.78 bits per heavy atom. The van der Waals surface area contributed by atoms with E-state index in [4.69, 9.17) is 14.2 Å². The molecule has 9 nitrogen and oxygen atoms in total. The first-order valence-corrected chi connectivity index (χ1v) is 7.41. The van der Waals surface area contributed by atoms with Gasteiger partial charge in [-0.1, -0.05) is 0 Å². The maximum absolute atomic E-state index is 12.1. The zero-order valence-electron chi connectivity index (χ0n) is 13.7. The number of rotatable bonds is 6. The number of hydrazone groups is 1. The van der Waals surface area contributed by atoms with E-state index in [1.807, 2.05) is 0 Å². The molecular formula is C14H22N2O7. The van der Waals surface area contributed by atoms with Gasteiger partial charge in [-0.15, -0.1) is 0 Å². The number of nitrogens with zero attached hydrogens (tertiary/aromatic N) is 2. The van der Waals surface area contributed by atoms with E-state index in [-0.39, 0.29) is 32.0 Å². The Hall–Kier alpha value is -2.16. The summed E-state index contributed by atoms with van der Waals surface area (Å²) >= 11 is 0. The van der Waals surface area contributed by atoms with Crippen molar-refractivity contribution in [1.29, 1.82) is 0 Å². The number of hydrogen-bond donors (Lipinski definition) is 0. The number of amides is 1. The lowest BCUT2D eigenvalue weighted by Gasteiger charge is -2.33. The van der Waals surface area contributed by atoms with E-state index >= 15 is 0 Å². The maximum atomic E-state index is 12.1. The van der Waals surface area contributed by atoms with Crippen LogP contribution in [-0.2, 0) is 28.5 Å². The van der Waals surface area contributed by atoms with Gasteiger partial charge in [0.05, 0.1) is 20.3 Å². The van der Waals surface area contributed by atoms with Gasteiger partial charge in [0.15, 0.2) is 11.9 Å². The third kappa shape index (κ3) is 4.65. The molecule has 1 heterocycles. The van der Waals surface area contributed by atoms with Gasteiger partial charge >= 0.3 is 18.0 Å². The van der Waals surface area contributed by atoms with Gasteiger partial charge in [0.25, 0.3) is 0 Å². The van der Waals surface area contributed by atoms with Crippen molar-refractivity contribution < 1.29 is 33.3 Å². The summed E-state index contributed by atoms with van der Waals surface area (Å²) in [7, 11) is 1.18. The molecule has 1 amide bonds. The molecule has 0 aromatic rings. The van der Waals surface area contributed by atoms with Crippen molar-refractivity contribution in [2.45, 2.75) is 33.4 Å². The molecule has 0 radical (unpaired) electrons. The van der Waals surface area contributed by atoms with E-state index < -0.39 is 30.2 Å². The Balaban J connectivity index is 3.20. The van der Waals surface area contributed by atoms with Crippen LogP contribution in [0.25, 0.3) is 0 Å². The van der Waals surface area contributed by atoms with Crippen molar-refractivity contribution >= 4 is 23.7 Å². The molecule has 9 heteroatoms. The summed E-state index contributed by atoms with van der Waals surface area (Å²) in [6, 6.07) is 0. The van der Waals surface area contributed by atoms with Crippen LogP contribution in [0.15, 0.2) is 5.10 Å². The molecule has 0 aliphatic carbocycles. The molecule has 0 saturated heterocycles. The second kappa shape index (κ2) is 9.09. The predicted octanol–water partition coefficient (Wildman–Crippen LogP) is 0.919. The monoisotopic (exact) mass is 330 g/mol. The number of carbonyl (C=O) groups is 3. The summed E-state index contributed by atoms with van der Waals surface area (Å²) in [5.41, 5.74) is -0.202. The quantitative estimate of drug-likeness (QED) is 0.527. The van der Waals surface area contributed by atoms with Gasteiger partial charge in [-0.2, -0.15) is 10.1 Å². The first-order chi connectivity index (χ1) is 11.0. The minimum Gasteiger partial charge on any atom is -0.465 e. The highest BCUT2D eigenvalue weighted by Gasteiger charge is 2.42. The van der Waals surface area contributed by atoms with Crippen LogP contribution in [0, 0.1) is 5.92 Å². The molecule has 0 aromatic carbocycles. The molecule has 0 aromatic heterocycles. The van der Waals surface area contributed by atoms with Gasteiger partial charge in [0, 0.05) is 13.0 Å². The Labute approximate surface area is 134 Å². The van der Waals surface area contributed by atoms with Crippen LogP contribution in [0.2, 0.25) is 0 Å².